The molecular weight excluding hydrogens is 316 g/mol. The molecule has 1 aliphatic heterocycles. The molecule has 6 nitrogen and oxygen atoms in total. The lowest BCUT2D eigenvalue weighted by Crippen LogP contribution is -2.34. The fourth-order valence-corrected chi connectivity index (χ4v) is 4.13. The van der Waals surface area contributed by atoms with Crippen molar-refractivity contribution in [1.29, 1.82) is 0 Å². The summed E-state index contributed by atoms with van der Waals surface area (Å²) >= 11 is 0. The zero-order chi connectivity index (χ0) is 17.4. The Morgan fingerprint density at radius 3 is 2.84 bits per heavy atom. The van der Waals surface area contributed by atoms with Gasteiger partial charge in [-0.2, -0.15) is 5.10 Å². The monoisotopic (exact) mass is 340 g/mol. The fraction of sp³-hybridized carbons (Fsp3) is 0.526. The first-order valence-electron chi connectivity index (χ1n) is 9.21. The van der Waals surface area contributed by atoms with Gasteiger partial charge in [0.05, 0.1) is 0 Å². The van der Waals surface area contributed by atoms with Crippen molar-refractivity contribution in [2.24, 2.45) is 7.05 Å². The lowest BCUT2D eigenvalue weighted by atomic mass is 9.90. The molecule has 2 aliphatic rings. The molecule has 0 bridgehead atoms. The molecule has 2 heterocycles. The van der Waals surface area contributed by atoms with Gasteiger partial charge in [0, 0.05) is 19.2 Å². The Bertz CT molecular complexity index is 865. The molecule has 0 saturated carbocycles. The van der Waals surface area contributed by atoms with Gasteiger partial charge in [-0.3, -0.25) is 9.36 Å². The first kappa shape index (κ1) is 16.1. The third-order valence-electron chi connectivity index (χ3n) is 5.42. The van der Waals surface area contributed by atoms with Gasteiger partial charge in [0.15, 0.2) is 0 Å². The molecular formula is C19H24N4O2. The minimum Gasteiger partial charge on any atom is -0.324 e. The van der Waals surface area contributed by atoms with Crippen LogP contribution in [-0.2, 0) is 31.1 Å². The Morgan fingerprint density at radius 1 is 1.16 bits per heavy atom. The number of carbonyl (C=O) groups excluding carboxylic acids is 1. The molecule has 1 unspecified atom stereocenters. The number of nitrogens with one attached hydrogen (secondary N) is 1. The SMILES string of the molecule is Cn1nc2n(c1=O)C(C(=O)Nc1cccc3c1CCCC3)CCCC2. The van der Waals surface area contributed by atoms with E-state index in [1.807, 2.05) is 12.1 Å². The van der Waals surface area contributed by atoms with Crippen LogP contribution >= 0.6 is 0 Å². The number of anilines is 1. The smallest absolute Gasteiger partial charge is 0.324 e. The molecule has 4 rings (SSSR count). The highest BCUT2D eigenvalue weighted by molar-refractivity contribution is 5.94. The third kappa shape index (κ3) is 2.90. The standard InChI is InChI=1S/C19H24N4O2/c1-22-19(25)23-16(11-4-5-12-17(23)21-22)18(24)20-15-10-6-8-13-7-2-3-9-14(13)15/h6,8,10,16H,2-5,7,9,11-12H2,1H3,(H,20,24). The van der Waals surface area contributed by atoms with Gasteiger partial charge in [-0.25, -0.2) is 9.48 Å². The van der Waals surface area contributed by atoms with Crippen LogP contribution in [-0.4, -0.2) is 20.3 Å². The minimum absolute atomic E-state index is 0.0998. The van der Waals surface area contributed by atoms with Gasteiger partial charge in [-0.05, 0) is 55.7 Å². The topological polar surface area (TPSA) is 68.9 Å². The van der Waals surface area contributed by atoms with Crippen LogP contribution in [0.1, 0.15) is 55.1 Å². The van der Waals surface area contributed by atoms with Crippen LogP contribution in [0.3, 0.4) is 0 Å². The maximum atomic E-state index is 13.0. The zero-order valence-electron chi connectivity index (χ0n) is 14.6. The van der Waals surface area contributed by atoms with Crippen LogP contribution in [0.15, 0.2) is 23.0 Å². The lowest BCUT2D eigenvalue weighted by molar-refractivity contribution is -0.119. The van der Waals surface area contributed by atoms with Crippen molar-refractivity contribution in [2.75, 3.05) is 5.32 Å². The number of hydrogen-bond donors (Lipinski definition) is 1. The van der Waals surface area contributed by atoms with Crippen molar-refractivity contribution in [2.45, 2.75) is 57.4 Å². The van der Waals surface area contributed by atoms with Crippen molar-refractivity contribution in [3.63, 3.8) is 0 Å². The van der Waals surface area contributed by atoms with Gasteiger partial charge >= 0.3 is 5.69 Å². The quantitative estimate of drug-likeness (QED) is 0.912. The van der Waals surface area contributed by atoms with E-state index in [2.05, 4.69) is 16.5 Å². The van der Waals surface area contributed by atoms with E-state index >= 15 is 0 Å². The summed E-state index contributed by atoms with van der Waals surface area (Å²) < 4.78 is 2.93. The first-order valence-corrected chi connectivity index (χ1v) is 9.21. The summed E-state index contributed by atoms with van der Waals surface area (Å²) in [5.41, 5.74) is 3.30. The molecule has 1 N–H and O–H groups in total. The number of amides is 1. The Kier molecular flexibility index (Phi) is 4.19. The molecule has 0 radical (unpaired) electrons. The average Bonchev–Trinajstić information content (AvgIpc) is 2.79. The molecule has 1 aromatic carbocycles. The predicted molar refractivity (Wildman–Crippen MR) is 95.8 cm³/mol. The molecule has 132 valence electrons. The molecule has 25 heavy (non-hydrogen) atoms. The lowest BCUT2D eigenvalue weighted by Gasteiger charge is -2.22. The van der Waals surface area contributed by atoms with Crippen molar-refractivity contribution < 1.29 is 4.79 Å². The highest BCUT2D eigenvalue weighted by Gasteiger charge is 2.29. The highest BCUT2D eigenvalue weighted by atomic mass is 16.2. The molecule has 1 amide bonds. The maximum absolute atomic E-state index is 13.0. The molecule has 0 saturated heterocycles. The van der Waals surface area contributed by atoms with E-state index in [9.17, 15) is 9.59 Å². The minimum atomic E-state index is -0.474. The predicted octanol–water partition coefficient (Wildman–Crippen LogP) is 2.37. The normalized spacial score (nSPS) is 19.6. The largest absolute Gasteiger partial charge is 0.346 e. The number of aryl methyl sites for hydroxylation is 3. The van der Waals surface area contributed by atoms with E-state index < -0.39 is 6.04 Å². The summed E-state index contributed by atoms with van der Waals surface area (Å²) in [5.74, 6) is 0.623. The maximum Gasteiger partial charge on any atom is 0.346 e. The molecule has 0 spiro atoms. The van der Waals surface area contributed by atoms with Crippen molar-refractivity contribution >= 4 is 11.6 Å². The summed E-state index contributed by atoms with van der Waals surface area (Å²) in [4.78, 5) is 25.5. The van der Waals surface area contributed by atoms with Gasteiger partial charge < -0.3 is 5.32 Å². The van der Waals surface area contributed by atoms with Crippen LogP contribution in [0.2, 0.25) is 0 Å². The second-order valence-electron chi connectivity index (χ2n) is 7.09. The Morgan fingerprint density at radius 2 is 1.96 bits per heavy atom. The van der Waals surface area contributed by atoms with Crippen molar-refractivity contribution in [3.05, 3.63) is 45.6 Å². The number of aromatic nitrogens is 3. The Balaban J connectivity index is 1.65. The van der Waals surface area contributed by atoms with Crippen LogP contribution in [0.4, 0.5) is 5.69 Å². The van der Waals surface area contributed by atoms with Gasteiger partial charge in [0.2, 0.25) is 5.91 Å². The molecule has 6 heteroatoms. The third-order valence-corrected chi connectivity index (χ3v) is 5.42. The Labute approximate surface area is 146 Å². The molecule has 2 aromatic rings. The Hall–Kier alpha value is -2.37. The fourth-order valence-electron chi connectivity index (χ4n) is 4.13. The number of nitrogens with zero attached hydrogens (tertiary/aromatic N) is 3. The second-order valence-corrected chi connectivity index (χ2v) is 7.09. The summed E-state index contributed by atoms with van der Waals surface area (Å²) in [6.45, 7) is 0. The number of rotatable bonds is 2. The molecule has 0 fully saturated rings. The van der Waals surface area contributed by atoms with E-state index in [1.165, 1.54) is 22.2 Å². The summed E-state index contributed by atoms with van der Waals surface area (Å²) in [6, 6.07) is 5.66. The number of benzene rings is 1. The van der Waals surface area contributed by atoms with E-state index in [-0.39, 0.29) is 11.6 Å². The number of fused-ring (bicyclic) bond motifs is 2. The first-order chi connectivity index (χ1) is 12.1. The summed E-state index contributed by atoms with van der Waals surface area (Å²) in [5, 5.41) is 7.42. The highest BCUT2D eigenvalue weighted by Crippen LogP contribution is 2.29. The summed E-state index contributed by atoms with van der Waals surface area (Å²) in [7, 11) is 1.65. The molecule has 1 atom stereocenters. The van der Waals surface area contributed by atoms with E-state index in [4.69, 9.17) is 0 Å². The van der Waals surface area contributed by atoms with Gasteiger partial charge in [-0.1, -0.05) is 18.6 Å². The molecule has 1 aromatic heterocycles. The van der Waals surface area contributed by atoms with Crippen LogP contribution in [0.25, 0.3) is 0 Å². The van der Waals surface area contributed by atoms with Crippen LogP contribution in [0, 0.1) is 0 Å². The van der Waals surface area contributed by atoms with Crippen molar-refractivity contribution in [3.8, 4) is 0 Å². The van der Waals surface area contributed by atoms with Crippen LogP contribution < -0.4 is 11.0 Å². The average molecular weight is 340 g/mol. The second kappa shape index (κ2) is 6.50. The van der Waals surface area contributed by atoms with E-state index in [0.29, 0.717) is 6.42 Å². The zero-order valence-corrected chi connectivity index (χ0v) is 14.6. The molecule has 1 aliphatic carbocycles. The summed E-state index contributed by atoms with van der Waals surface area (Å²) in [6.07, 6.45) is 7.78. The number of carbonyl (C=O) groups is 1. The van der Waals surface area contributed by atoms with Gasteiger partial charge in [0.25, 0.3) is 0 Å². The van der Waals surface area contributed by atoms with Crippen LogP contribution in [0.5, 0.6) is 0 Å². The van der Waals surface area contributed by atoms with Crippen molar-refractivity contribution in [1.82, 2.24) is 14.3 Å². The van der Waals surface area contributed by atoms with Gasteiger partial charge in [-0.15, -0.1) is 0 Å². The van der Waals surface area contributed by atoms with Gasteiger partial charge in [0.1, 0.15) is 11.9 Å². The van der Waals surface area contributed by atoms with E-state index in [0.717, 1.165) is 50.0 Å². The number of hydrogen-bond acceptors (Lipinski definition) is 3. The van der Waals surface area contributed by atoms with E-state index in [1.54, 1.807) is 11.6 Å².